The van der Waals surface area contributed by atoms with Gasteiger partial charge in [0, 0.05) is 13.1 Å². The topological polar surface area (TPSA) is 49.8 Å². The molecule has 0 fully saturated rings. The van der Waals surface area contributed by atoms with Crippen LogP contribution in [0.15, 0.2) is 48.5 Å². The Balaban J connectivity index is 2.08. The van der Waals surface area contributed by atoms with E-state index in [-0.39, 0.29) is 0 Å². The minimum absolute atomic E-state index is 0.334. The maximum atomic E-state index is 10.9. The molecule has 0 spiro atoms. The second kappa shape index (κ2) is 6.30. The lowest BCUT2D eigenvalue weighted by Crippen LogP contribution is -2.23. The summed E-state index contributed by atoms with van der Waals surface area (Å²) in [6.07, 6.45) is -1.06. The van der Waals surface area contributed by atoms with Crippen molar-refractivity contribution in [2.45, 2.75) is 6.61 Å². The maximum Gasteiger partial charge on any atom is 0.411 e. The van der Waals surface area contributed by atoms with Crippen molar-refractivity contribution in [2.24, 2.45) is 0 Å². The van der Waals surface area contributed by atoms with Crippen LogP contribution in [0.2, 0.25) is 5.02 Å². The molecule has 0 saturated heterocycles. The molecule has 0 atom stereocenters. The molecule has 0 unspecified atom stereocenters. The van der Waals surface area contributed by atoms with Crippen molar-refractivity contribution in [1.29, 1.82) is 0 Å². The zero-order valence-electron chi connectivity index (χ0n) is 10.9. The monoisotopic (exact) mass is 291 g/mol. The van der Waals surface area contributed by atoms with E-state index in [0.29, 0.717) is 23.1 Å². The molecular formula is C15H14ClNO3. The second-order valence-electron chi connectivity index (χ2n) is 4.23. The van der Waals surface area contributed by atoms with Crippen molar-refractivity contribution in [1.82, 2.24) is 0 Å². The number of ether oxygens (including phenoxy) is 1. The van der Waals surface area contributed by atoms with E-state index in [9.17, 15) is 4.79 Å². The highest BCUT2D eigenvalue weighted by atomic mass is 35.5. The largest absolute Gasteiger partial charge is 0.489 e. The quantitative estimate of drug-likeness (QED) is 0.925. The number of carbonyl (C=O) groups is 1. The van der Waals surface area contributed by atoms with Crippen LogP contribution in [0.5, 0.6) is 5.75 Å². The number of nitrogens with zero attached hydrogens (tertiary/aromatic N) is 1. The first-order valence-corrected chi connectivity index (χ1v) is 6.38. The van der Waals surface area contributed by atoms with Crippen molar-refractivity contribution in [3.8, 4) is 5.75 Å². The normalized spacial score (nSPS) is 10.1. The molecule has 1 amide bonds. The minimum Gasteiger partial charge on any atom is -0.489 e. The molecule has 104 valence electrons. The zero-order chi connectivity index (χ0) is 14.5. The number of amides is 1. The molecule has 4 nitrogen and oxygen atoms in total. The van der Waals surface area contributed by atoms with E-state index in [2.05, 4.69) is 0 Å². The van der Waals surface area contributed by atoms with Crippen LogP contribution in [-0.2, 0) is 6.61 Å². The maximum absolute atomic E-state index is 10.9. The van der Waals surface area contributed by atoms with Gasteiger partial charge in [-0.1, -0.05) is 41.9 Å². The Hall–Kier alpha value is -2.20. The number of carboxylic acid groups (broad SMARTS) is 1. The van der Waals surface area contributed by atoms with E-state index in [1.54, 1.807) is 18.2 Å². The van der Waals surface area contributed by atoms with Gasteiger partial charge in [0.2, 0.25) is 0 Å². The molecular weight excluding hydrogens is 278 g/mol. The number of rotatable bonds is 4. The van der Waals surface area contributed by atoms with Gasteiger partial charge >= 0.3 is 6.09 Å². The summed E-state index contributed by atoms with van der Waals surface area (Å²) in [5.74, 6) is 0.599. The second-order valence-corrected chi connectivity index (χ2v) is 4.64. The summed E-state index contributed by atoms with van der Waals surface area (Å²) in [4.78, 5) is 11.9. The molecule has 2 rings (SSSR count). The van der Waals surface area contributed by atoms with Gasteiger partial charge < -0.3 is 9.84 Å². The molecule has 0 aliphatic rings. The van der Waals surface area contributed by atoms with E-state index < -0.39 is 6.09 Å². The van der Waals surface area contributed by atoms with Crippen molar-refractivity contribution in [3.05, 3.63) is 59.1 Å². The Morgan fingerprint density at radius 3 is 2.55 bits per heavy atom. The van der Waals surface area contributed by atoms with E-state index in [4.69, 9.17) is 21.4 Å². The van der Waals surface area contributed by atoms with E-state index in [0.717, 1.165) is 10.5 Å². The molecule has 20 heavy (non-hydrogen) atoms. The number of benzene rings is 2. The fourth-order valence-corrected chi connectivity index (χ4v) is 1.99. The highest BCUT2D eigenvalue weighted by Gasteiger charge is 2.12. The first-order chi connectivity index (χ1) is 9.58. The average Bonchev–Trinajstić information content (AvgIpc) is 2.45. The van der Waals surface area contributed by atoms with Gasteiger partial charge in [0.05, 0.1) is 10.7 Å². The predicted octanol–water partition coefficient (Wildman–Crippen LogP) is 4.03. The Morgan fingerprint density at radius 2 is 1.95 bits per heavy atom. The molecule has 0 radical (unpaired) electrons. The van der Waals surface area contributed by atoms with Crippen LogP contribution in [0.4, 0.5) is 10.5 Å². The van der Waals surface area contributed by atoms with Crippen molar-refractivity contribution >= 4 is 23.4 Å². The summed E-state index contributed by atoms with van der Waals surface area (Å²) >= 11 is 6.07. The van der Waals surface area contributed by atoms with Crippen LogP contribution in [0.3, 0.4) is 0 Å². The summed E-state index contributed by atoms with van der Waals surface area (Å²) in [5.41, 5.74) is 1.47. The van der Waals surface area contributed by atoms with Gasteiger partial charge in [0.15, 0.2) is 0 Å². The van der Waals surface area contributed by atoms with Gasteiger partial charge in [-0.25, -0.2) is 4.79 Å². The molecule has 2 aromatic rings. The zero-order valence-corrected chi connectivity index (χ0v) is 11.7. The molecule has 0 aliphatic heterocycles. The lowest BCUT2D eigenvalue weighted by atomic mass is 10.2. The van der Waals surface area contributed by atoms with E-state index in [1.807, 2.05) is 30.3 Å². The van der Waals surface area contributed by atoms with Gasteiger partial charge in [0.1, 0.15) is 12.4 Å². The summed E-state index contributed by atoms with van der Waals surface area (Å²) in [6, 6.07) is 14.7. The molecule has 0 saturated carbocycles. The third-order valence-electron chi connectivity index (χ3n) is 2.82. The molecule has 5 heteroatoms. The fraction of sp³-hybridized carbons (Fsp3) is 0.133. The van der Waals surface area contributed by atoms with Gasteiger partial charge in [0.25, 0.3) is 0 Å². The number of halogens is 1. The Bertz CT molecular complexity index is 601. The number of hydrogen-bond donors (Lipinski definition) is 1. The van der Waals surface area contributed by atoms with Gasteiger partial charge in [-0.2, -0.15) is 0 Å². The minimum atomic E-state index is -1.06. The predicted molar refractivity (Wildman–Crippen MR) is 78.7 cm³/mol. The highest BCUT2D eigenvalue weighted by Crippen LogP contribution is 2.29. The van der Waals surface area contributed by atoms with Gasteiger partial charge in [-0.3, -0.25) is 4.90 Å². The number of anilines is 1. The van der Waals surface area contributed by atoms with Crippen LogP contribution < -0.4 is 9.64 Å². The summed E-state index contributed by atoms with van der Waals surface area (Å²) < 4.78 is 5.62. The standard InChI is InChI=1S/C15H14ClNO3/c1-17(15(18)19)14-8-7-12(9-13(14)16)20-10-11-5-3-2-4-6-11/h2-9H,10H2,1H3,(H,18,19). The molecule has 1 N–H and O–H groups in total. The van der Waals surface area contributed by atoms with E-state index >= 15 is 0 Å². The summed E-state index contributed by atoms with van der Waals surface area (Å²) in [6.45, 7) is 0.436. The SMILES string of the molecule is CN(C(=O)O)c1ccc(OCc2ccccc2)cc1Cl. The van der Waals surface area contributed by atoms with Crippen LogP contribution in [0.1, 0.15) is 5.56 Å². The third kappa shape index (κ3) is 3.42. The third-order valence-corrected chi connectivity index (χ3v) is 3.12. The molecule has 2 aromatic carbocycles. The van der Waals surface area contributed by atoms with Gasteiger partial charge in [-0.15, -0.1) is 0 Å². The Morgan fingerprint density at radius 1 is 1.25 bits per heavy atom. The first kappa shape index (κ1) is 14.2. The van der Waals surface area contributed by atoms with Crippen molar-refractivity contribution in [2.75, 3.05) is 11.9 Å². The molecule has 0 aromatic heterocycles. The fourth-order valence-electron chi connectivity index (χ4n) is 1.69. The van der Waals surface area contributed by atoms with Crippen molar-refractivity contribution in [3.63, 3.8) is 0 Å². The molecule has 0 heterocycles. The smallest absolute Gasteiger partial charge is 0.411 e. The molecule has 0 aliphatic carbocycles. The lowest BCUT2D eigenvalue weighted by molar-refractivity contribution is 0.203. The number of hydrogen-bond acceptors (Lipinski definition) is 2. The van der Waals surface area contributed by atoms with Crippen LogP contribution in [0, 0.1) is 0 Å². The first-order valence-electron chi connectivity index (χ1n) is 6.01. The van der Waals surface area contributed by atoms with E-state index in [1.165, 1.54) is 7.05 Å². The lowest BCUT2D eigenvalue weighted by Gasteiger charge is -2.15. The Labute approximate surface area is 122 Å². The Kier molecular flexibility index (Phi) is 4.48. The van der Waals surface area contributed by atoms with Crippen LogP contribution >= 0.6 is 11.6 Å². The van der Waals surface area contributed by atoms with Crippen molar-refractivity contribution < 1.29 is 14.6 Å². The molecule has 0 bridgehead atoms. The van der Waals surface area contributed by atoms with Gasteiger partial charge in [-0.05, 0) is 17.7 Å². The van der Waals surface area contributed by atoms with Crippen LogP contribution in [-0.4, -0.2) is 18.2 Å². The summed E-state index contributed by atoms with van der Waals surface area (Å²) in [5, 5.41) is 9.25. The highest BCUT2D eigenvalue weighted by molar-refractivity contribution is 6.33. The average molecular weight is 292 g/mol. The summed E-state index contributed by atoms with van der Waals surface area (Å²) in [7, 11) is 1.44. The van der Waals surface area contributed by atoms with Crippen LogP contribution in [0.25, 0.3) is 0 Å².